The second-order valence-corrected chi connectivity index (χ2v) is 4.66. The van der Waals surface area contributed by atoms with Gasteiger partial charge in [0.05, 0.1) is 5.69 Å². The molecule has 1 heterocycles. The molecule has 0 radical (unpaired) electrons. The number of alkyl halides is 1. The predicted molar refractivity (Wildman–Crippen MR) is 69.5 cm³/mol. The lowest BCUT2D eigenvalue weighted by Gasteiger charge is -2.25. The number of amides is 1. The van der Waals surface area contributed by atoms with E-state index in [4.69, 9.17) is 11.6 Å². The highest BCUT2D eigenvalue weighted by atomic mass is 35.5. The fourth-order valence-corrected chi connectivity index (χ4v) is 1.91. The van der Waals surface area contributed by atoms with E-state index in [1.807, 2.05) is 26.8 Å². The molecule has 5 heteroatoms. The number of aryl methyl sites for hydroxylation is 2. The molecule has 1 amide bonds. The van der Waals surface area contributed by atoms with E-state index in [1.54, 1.807) is 16.6 Å². The van der Waals surface area contributed by atoms with Crippen LogP contribution >= 0.6 is 11.6 Å². The summed E-state index contributed by atoms with van der Waals surface area (Å²) < 4.78 is 1.64. The maximum absolute atomic E-state index is 12.3. The van der Waals surface area contributed by atoms with Crippen LogP contribution in [0.25, 0.3) is 0 Å². The largest absolute Gasteiger partial charge is 0.334 e. The molecule has 1 aromatic rings. The van der Waals surface area contributed by atoms with Gasteiger partial charge in [0, 0.05) is 25.5 Å². The van der Waals surface area contributed by atoms with Gasteiger partial charge in [-0.25, -0.2) is 0 Å². The number of hydrogen-bond acceptors (Lipinski definition) is 2. The maximum atomic E-state index is 12.3. The summed E-state index contributed by atoms with van der Waals surface area (Å²) >= 11 is 5.73. The van der Waals surface area contributed by atoms with Gasteiger partial charge in [0.25, 0.3) is 5.91 Å². The molecular weight excluding hydrogens is 238 g/mol. The summed E-state index contributed by atoms with van der Waals surface area (Å²) in [5.41, 5.74) is 1.56. The van der Waals surface area contributed by atoms with Crippen LogP contribution in [-0.4, -0.2) is 39.1 Å². The average Bonchev–Trinajstić information content (AvgIpc) is 2.66. The predicted octanol–water partition coefficient (Wildman–Crippen LogP) is 2.07. The maximum Gasteiger partial charge on any atom is 0.272 e. The van der Waals surface area contributed by atoms with Gasteiger partial charge in [0.1, 0.15) is 5.69 Å². The molecule has 0 aliphatic rings. The monoisotopic (exact) mass is 257 g/mol. The molecule has 96 valence electrons. The van der Waals surface area contributed by atoms with Crippen LogP contribution in [0.1, 0.15) is 37.0 Å². The zero-order chi connectivity index (χ0) is 13.0. The first kappa shape index (κ1) is 14.0. The Kier molecular flexibility index (Phi) is 5.00. The first-order valence-corrected chi connectivity index (χ1v) is 6.44. The molecule has 0 aliphatic carbocycles. The van der Waals surface area contributed by atoms with Gasteiger partial charge in [0.15, 0.2) is 0 Å². The fourth-order valence-electron chi connectivity index (χ4n) is 1.73. The molecule has 0 aliphatic heterocycles. The van der Waals surface area contributed by atoms with Crippen LogP contribution in [0.3, 0.4) is 0 Å². The first-order valence-electron chi connectivity index (χ1n) is 5.91. The summed E-state index contributed by atoms with van der Waals surface area (Å²) in [5, 5.41) is 4.29. The number of rotatable bonds is 5. The molecule has 17 heavy (non-hydrogen) atoms. The molecule has 4 nitrogen and oxygen atoms in total. The Balaban J connectivity index is 2.96. The lowest BCUT2D eigenvalue weighted by Crippen LogP contribution is -2.39. The van der Waals surface area contributed by atoms with Crippen molar-refractivity contribution in [2.75, 3.05) is 12.4 Å². The molecule has 1 rings (SSSR count). The van der Waals surface area contributed by atoms with E-state index in [2.05, 4.69) is 5.10 Å². The number of aromatic nitrogens is 2. The summed E-state index contributed by atoms with van der Waals surface area (Å²) in [4.78, 5) is 14.1. The lowest BCUT2D eigenvalue weighted by atomic mass is 10.2. The minimum atomic E-state index is -0.00431. The highest BCUT2D eigenvalue weighted by molar-refractivity contribution is 6.18. The Morgan fingerprint density at radius 1 is 1.59 bits per heavy atom. The minimum Gasteiger partial charge on any atom is -0.334 e. The molecule has 0 fully saturated rings. The molecule has 0 saturated heterocycles. The van der Waals surface area contributed by atoms with Gasteiger partial charge in [-0.3, -0.25) is 9.48 Å². The van der Waals surface area contributed by atoms with Gasteiger partial charge in [-0.05, 0) is 26.3 Å². The summed E-state index contributed by atoms with van der Waals surface area (Å²) in [6, 6.07) is 1.99. The van der Waals surface area contributed by atoms with Gasteiger partial charge in [-0.1, -0.05) is 6.92 Å². The molecule has 1 aromatic heterocycles. The molecule has 0 N–H and O–H groups in total. The van der Waals surface area contributed by atoms with Crippen LogP contribution in [0.2, 0.25) is 0 Å². The summed E-state index contributed by atoms with van der Waals surface area (Å²) in [5.74, 6) is 0.443. The second kappa shape index (κ2) is 6.05. The van der Waals surface area contributed by atoms with Crippen molar-refractivity contribution in [1.29, 1.82) is 0 Å². The fraction of sp³-hybridized carbons (Fsp3) is 0.667. The Morgan fingerprint density at radius 3 is 2.65 bits per heavy atom. The highest BCUT2D eigenvalue weighted by Gasteiger charge is 2.21. The van der Waals surface area contributed by atoms with E-state index < -0.39 is 0 Å². The third kappa shape index (κ3) is 3.22. The van der Waals surface area contributed by atoms with Gasteiger partial charge in [-0.2, -0.15) is 5.10 Å². The van der Waals surface area contributed by atoms with Gasteiger partial charge in [0.2, 0.25) is 0 Å². The van der Waals surface area contributed by atoms with Crippen molar-refractivity contribution in [2.24, 2.45) is 7.05 Å². The van der Waals surface area contributed by atoms with Crippen molar-refractivity contribution in [3.63, 3.8) is 0 Å². The quantitative estimate of drug-likeness (QED) is 0.758. The van der Waals surface area contributed by atoms with Crippen molar-refractivity contribution in [3.8, 4) is 0 Å². The number of carbonyl (C=O) groups is 1. The smallest absolute Gasteiger partial charge is 0.272 e. The van der Waals surface area contributed by atoms with Crippen LogP contribution < -0.4 is 0 Å². The number of carbonyl (C=O) groups excluding carboxylic acids is 1. The van der Waals surface area contributed by atoms with E-state index >= 15 is 0 Å². The number of halogens is 1. The Hall–Kier alpha value is -1.03. The standard InChI is InChI=1S/C12H20ClN3O/c1-5-10-8-11(15(4)14-10)12(17)16(7-6-13)9(2)3/h8-9H,5-7H2,1-4H3. The lowest BCUT2D eigenvalue weighted by molar-refractivity contribution is 0.0707. The topological polar surface area (TPSA) is 38.1 Å². The van der Waals surface area contributed by atoms with Gasteiger partial charge < -0.3 is 4.90 Å². The molecular formula is C12H20ClN3O. The number of hydrogen-bond donors (Lipinski definition) is 0. The molecule has 0 bridgehead atoms. The normalized spacial score (nSPS) is 10.9. The van der Waals surface area contributed by atoms with Crippen LogP contribution in [0.15, 0.2) is 6.07 Å². The van der Waals surface area contributed by atoms with Crippen LogP contribution in [0.4, 0.5) is 0 Å². The molecule has 0 atom stereocenters. The van der Waals surface area contributed by atoms with E-state index in [0.717, 1.165) is 12.1 Å². The van der Waals surface area contributed by atoms with Gasteiger partial charge >= 0.3 is 0 Å². The summed E-state index contributed by atoms with van der Waals surface area (Å²) in [6.07, 6.45) is 0.832. The summed E-state index contributed by atoms with van der Waals surface area (Å²) in [7, 11) is 1.80. The Morgan fingerprint density at radius 2 is 2.24 bits per heavy atom. The summed E-state index contributed by atoms with van der Waals surface area (Å²) in [6.45, 7) is 6.56. The van der Waals surface area contributed by atoms with E-state index in [9.17, 15) is 4.79 Å². The van der Waals surface area contributed by atoms with Crippen molar-refractivity contribution >= 4 is 17.5 Å². The van der Waals surface area contributed by atoms with Crippen molar-refractivity contribution < 1.29 is 4.79 Å². The van der Waals surface area contributed by atoms with Crippen LogP contribution in [0.5, 0.6) is 0 Å². The minimum absolute atomic E-state index is 0.00431. The third-order valence-electron chi connectivity index (χ3n) is 2.72. The third-order valence-corrected chi connectivity index (χ3v) is 2.89. The molecule has 0 saturated carbocycles. The SMILES string of the molecule is CCc1cc(C(=O)N(CCCl)C(C)C)n(C)n1. The Labute approximate surface area is 108 Å². The molecule has 0 spiro atoms. The van der Waals surface area contributed by atoms with Crippen molar-refractivity contribution in [2.45, 2.75) is 33.2 Å². The molecule has 0 unspecified atom stereocenters. The van der Waals surface area contributed by atoms with Crippen LogP contribution in [0, 0.1) is 0 Å². The second-order valence-electron chi connectivity index (χ2n) is 4.28. The van der Waals surface area contributed by atoms with Crippen molar-refractivity contribution in [1.82, 2.24) is 14.7 Å². The van der Waals surface area contributed by atoms with E-state index in [0.29, 0.717) is 18.1 Å². The zero-order valence-corrected chi connectivity index (χ0v) is 11.7. The van der Waals surface area contributed by atoms with E-state index in [1.165, 1.54) is 0 Å². The highest BCUT2D eigenvalue weighted by Crippen LogP contribution is 2.10. The first-order chi connectivity index (χ1) is 8.01. The average molecular weight is 258 g/mol. The molecule has 0 aromatic carbocycles. The van der Waals surface area contributed by atoms with Crippen molar-refractivity contribution in [3.05, 3.63) is 17.5 Å². The van der Waals surface area contributed by atoms with E-state index in [-0.39, 0.29) is 11.9 Å². The van der Waals surface area contributed by atoms with Crippen LogP contribution in [-0.2, 0) is 13.5 Å². The van der Waals surface area contributed by atoms with Gasteiger partial charge in [-0.15, -0.1) is 11.6 Å². The zero-order valence-electron chi connectivity index (χ0n) is 10.9. The number of nitrogens with zero attached hydrogens (tertiary/aromatic N) is 3. The Bertz CT molecular complexity index is 387.